The zero-order chi connectivity index (χ0) is 17.1. The van der Waals surface area contributed by atoms with Crippen LogP contribution in [0.4, 0.5) is 0 Å². The number of fused-ring (bicyclic) bond motifs is 2. The van der Waals surface area contributed by atoms with E-state index in [0.29, 0.717) is 0 Å². The molecule has 2 aliphatic carbocycles. The van der Waals surface area contributed by atoms with Gasteiger partial charge in [0.2, 0.25) is 0 Å². The maximum Gasteiger partial charge on any atom is -0.0242 e. The summed E-state index contributed by atoms with van der Waals surface area (Å²) in [5.41, 5.74) is 4.90. The fourth-order valence-corrected chi connectivity index (χ4v) is 5.78. The highest BCUT2D eigenvalue weighted by Crippen LogP contribution is 2.50. The third kappa shape index (κ3) is 4.69. The van der Waals surface area contributed by atoms with Crippen LogP contribution in [0.5, 0.6) is 0 Å². The van der Waals surface area contributed by atoms with Crippen molar-refractivity contribution in [2.24, 2.45) is 29.6 Å². The van der Waals surface area contributed by atoms with Crippen LogP contribution in [0, 0.1) is 36.5 Å². The molecule has 0 unspecified atom stereocenters. The summed E-state index contributed by atoms with van der Waals surface area (Å²) in [5.74, 6) is 4.79. The molecule has 3 rings (SSSR count). The standard InChI is InChI=1S/C24H38.CH4/c1-5-6-7-9-17(2)12-13-22-19(4)14-21-16-23-18(3)10-8-11-20(23)15-24(21)22;/h8,10-11,17,19,21-22,24H,5-7,9,12-16H2,1-4H3;1H4/t17-,19+,21+,22-,24-;/m0./s1. The Hall–Kier alpha value is -0.780. The molecular formula is C25H42. The van der Waals surface area contributed by atoms with Gasteiger partial charge in [0.1, 0.15) is 0 Å². The van der Waals surface area contributed by atoms with Crippen LogP contribution in [0.25, 0.3) is 0 Å². The molecule has 5 atom stereocenters. The molecule has 1 aromatic carbocycles. The molecule has 0 heterocycles. The van der Waals surface area contributed by atoms with Crippen LogP contribution < -0.4 is 0 Å². The zero-order valence-electron chi connectivity index (χ0n) is 16.5. The summed E-state index contributed by atoms with van der Waals surface area (Å²) >= 11 is 0. The number of unbranched alkanes of at least 4 members (excludes halogenated alkanes) is 2. The van der Waals surface area contributed by atoms with Gasteiger partial charge in [-0.2, -0.15) is 0 Å². The average molecular weight is 343 g/mol. The van der Waals surface area contributed by atoms with E-state index in [9.17, 15) is 0 Å². The van der Waals surface area contributed by atoms with Crippen LogP contribution in [0.15, 0.2) is 18.2 Å². The first-order valence-electron chi connectivity index (χ1n) is 10.7. The Bertz CT molecular complexity index is 529. The van der Waals surface area contributed by atoms with Crippen molar-refractivity contribution in [3.05, 3.63) is 34.9 Å². The number of aryl methyl sites for hydroxylation is 1. The van der Waals surface area contributed by atoms with E-state index in [-0.39, 0.29) is 7.43 Å². The second kappa shape index (κ2) is 9.24. The summed E-state index contributed by atoms with van der Waals surface area (Å²) in [5, 5.41) is 0. The molecule has 0 nitrogen and oxygen atoms in total. The Balaban J connectivity index is 0.00000225. The highest BCUT2D eigenvalue weighted by molar-refractivity contribution is 5.37. The molecular weight excluding hydrogens is 300 g/mol. The van der Waals surface area contributed by atoms with Crippen molar-refractivity contribution in [2.75, 3.05) is 0 Å². The van der Waals surface area contributed by atoms with E-state index in [1.807, 2.05) is 0 Å². The van der Waals surface area contributed by atoms with Crippen LogP contribution in [0.3, 0.4) is 0 Å². The van der Waals surface area contributed by atoms with Crippen molar-refractivity contribution < 1.29 is 0 Å². The Morgan fingerprint density at radius 2 is 1.92 bits per heavy atom. The molecule has 0 radical (unpaired) electrons. The van der Waals surface area contributed by atoms with Gasteiger partial charge in [-0.3, -0.25) is 0 Å². The first-order chi connectivity index (χ1) is 11.6. The first-order valence-corrected chi connectivity index (χ1v) is 10.7. The number of rotatable bonds is 7. The van der Waals surface area contributed by atoms with E-state index in [1.165, 1.54) is 63.4 Å². The fraction of sp³-hybridized carbons (Fsp3) is 0.760. The molecule has 1 aromatic rings. The minimum Gasteiger partial charge on any atom is -0.0776 e. The average Bonchev–Trinajstić information content (AvgIpc) is 2.86. The van der Waals surface area contributed by atoms with Gasteiger partial charge in [-0.15, -0.1) is 0 Å². The van der Waals surface area contributed by atoms with Crippen molar-refractivity contribution in [3.8, 4) is 0 Å². The van der Waals surface area contributed by atoms with Crippen molar-refractivity contribution >= 4 is 0 Å². The van der Waals surface area contributed by atoms with E-state index < -0.39 is 0 Å². The van der Waals surface area contributed by atoms with Gasteiger partial charge in [0.25, 0.3) is 0 Å². The van der Waals surface area contributed by atoms with E-state index in [1.54, 1.807) is 11.1 Å². The Kier molecular flexibility index (Phi) is 7.59. The number of benzene rings is 1. The minimum atomic E-state index is 0. The van der Waals surface area contributed by atoms with Crippen LogP contribution in [-0.2, 0) is 12.8 Å². The van der Waals surface area contributed by atoms with Crippen LogP contribution in [0.2, 0.25) is 0 Å². The molecule has 0 aromatic heterocycles. The fourth-order valence-electron chi connectivity index (χ4n) is 5.78. The highest BCUT2D eigenvalue weighted by Gasteiger charge is 2.43. The summed E-state index contributed by atoms with van der Waals surface area (Å²) in [7, 11) is 0. The lowest BCUT2D eigenvalue weighted by Gasteiger charge is -2.33. The van der Waals surface area contributed by atoms with E-state index >= 15 is 0 Å². The van der Waals surface area contributed by atoms with Crippen LogP contribution in [-0.4, -0.2) is 0 Å². The molecule has 1 saturated carbocycles. The lowest BCUT2D eigenvalue weighted by molar-refractivity contribution is 0.242. The van der Waals surface area contributed by atoms with Gasteiger partial charge < -0.3 is 0 Å². The molecule has 142 valence electrons. The number of hydrogen-bond acceptors (Lipinski definition) is 0. The zero-order valence-corrected chi connectivity index (χ0v) is 16.5. The van der Waals surface area contributed by atoms with Gasteiger partial charge in [-0.1, -0.05) is 78.5 Å². The van der Waals surface area contributed by atoms with E-state index in [4.69, 9.17) is 0 Å². The third-order valence-electron chi connectivity index (χ3n) is 7.28. The highest BCUT2D eigenvalue weighted by atomic mass is 14.5. The second-order valence-electron chi connectivity index (χ2n) is 9.10. The van der Waals surface area contributed by atoms with Gasteiger partial charge in [0, 0.05) is 0 Å². The molecule has 0 heteroatoms. The molecule has 25 heavy (non-hydrogen) atoms. The number of hydrogen-bond donors (Lipinski definition) is 0. The molecule has 0 N–H and O–H groups in total. The van der Waals surface area contributed by atoms with Gasteiger partial charge in [0.05, 0.1) is 0 Å². The summed E-state index contributed by atoms with van der Waals surface area (Å²) in [4.78, 5) is 0. The Morgan fingerprint density at radius 1 is 1.12 bits per heavy atom. The maximum atomic E-state index is 2.54. The Morgan fingerprint density at radius 3 is 2.68 bits per heavy atom. The van der Waals surface area contributed by atoms with Crippen LogP contribution in [0.1, 0.15) is 89.8 Å². The quantitative estimate of drug-likeness (QED) is 0.447. The normalized spacial score (nSPS) is 28.8. The third-order valence-corrected chi connectivity index (χ3v) is 7.28. The summed E-state index contributed by atoms with van der Waals surface area (Å²) in [6.07, 6.45) is 12.8. The molecule has 0 amide bonds. The van der Waals surface area contributed by atoms with E-state index in [2.05, 4.69) is 45.9 Å². The topological polar surface area (TPSA) is 0 Å². The van der Waals surface area contributed by atoms with Gasteiger partial charge in [-0.25, -0.2) is 0 Å². The van der Waals surface area contributed by atoms with Crippen molar-refractivity contribution in [2.45, 2.75) is 92.9 Å². The van der Waals surface area contributed by atoms with Crippen molar-refractivity contribution in [1.82, 2.24) is 0 Å². The minimum absolute atomic E-state index is 0. The summed E-state index contributed by atoms with van der Waals surface area (Å²) in [6, 6.07) is 7.00. The SMILES string of the molecule is C.CCCCC[C@H](C)CC[C@@H]1[C@H]2Cc3cccc(C)c3C[C@H]2C[C@H]1C. The first kappa shape index (κ1) is 20.5. The monoisotopic (exact) mass is 342 g/mol. The molecule has 0 bridgehead atoms. The molecule has 0 aliphatic heterocycles. The largest absolute Gasteiger partial charge is 0.0776 e. The predicted molar refractivity (Wildman–Crippen MR) is 112 cm³/mol. The van der Waals surface area contributed by atoms with Gasteiger partial charge >= 0.3 is 0 Å². The second-order valence-corrected chi connectivity index (χ2v) is 9.10. The smallest absolute Gasteiger partial charge is 0.0242 e. The van der Waals surface area contributed by atoms with Crippen molar-refractivity contribution in [3.63, 3.8) is 0 Å². The van der Waals surface area contributed by atoms with Crippen molar-refractivity contribution in [1.29, 1.82) is 0 Å². The maximum absolute atomic E-state index is 2.54. The van der Waals surface area contributed by atoms with Crippen LogP contribution >= 0.6 is 0 Å². The van der Waals surface area contributed by atoms with Gasteiger partial charge in [0.15, 0.2) is 0 Å². The Labute approximate surface area is 157 Å². The van der Waals surface area contributed by atoms with Gasteiger partial charge in [-0.05, 0) is 78.9 Å². The lowest BCUT2D eigenvalue weighted by Crippen LogP contribution is -2.26. The molecule has 2 aliphatic rings. The molecule has 0 spiro atoms. The predicted octanol–water partition coefficient (Wildman–Crippen LogP) is 7.61. The molecule has 1 fully saturated rings. The van der Waals surface area contributed by atoms with E-state index in [0.717, 1.165) is 29.6 Å². The summed E-state index contributed by atoms with van der Waals surface area (Å²) < 4.78 is 0. The lowest BCUT2D eigenvalue weighted by atomic mass is 9.72. The summed E-state index contributed by atoms with van der Waals surface area (Å²) in [6.45, 7) is 9.66. The molecule has 0 saturated heterocycles.